The van der Waals surface area contributed by atoms with Crippen molar-refractivity contribution in [1.82, 2.24) is 19.6 Å². The number of ether oxygens (including phenoxy) is 1. The van der Waals surface area contributed by atoms with E-state index in [0.29, 0.717) is 11.6 Å². The van der Waals surface area contributed by atoms with Crippen LogP contribution in [-0.4, -0.2) is 32.7 Å². The maximum absolute atomic E-state index is 11.2. The van der Waals surface area contributed by atoms with E-state index in [-0.39, 0.29) is 17.8 Å². The molecule has 2 heterocycles. The summed E-state index contributed by atoms with van der Waals surface area (Å²) in [6.07, 6.45) is 4.12. The fourth-order valence-electron chi connectivity index (χ4n) is 2.01. The van der Waals surface area contributed by atoms with Crippen LogP contribution in [0, 0.1) is 0 Å². The summed E-state index contributed by atoms with van der Waals surface area (Å²) in [5.41, 5.74) is 1.29. The first-order chi connectivity index (χ1) is 8.62. The van der Waals surface area contributed by atoms with Crippen LogP contribution in [0.2, 0.25) is 0 Å². The Labute approximate surface area is 104 Å². The Morgan fingerprint density at radius 2 is 2.33 bits per heavy atom. The minimum absolute atomic E-state index is 0.0794. The van der Waals surface area contributed by atoms with Crippen molar-refractivity contribution < 1.29 is 9.53 Å². The molecule has 1 aliphatic rings. The maximum Gasteiger partial charge on any atom is 0.313 e. The standard InChI is InChI=1S/C12H14N4O2/c1-12(4-5-12)8-3-6-13-11-14-9(15-16(8)11)7-10(17)18-2/h3,6H,4-5,7H2,1-2H3. The number of carbonyl (C=O) groups is 1. The fraction of sp³-hybridized carbons (Fsp3) is 0.500. The van der Waals surface area contributed by atoms with Crippen LogP contribution in [0.5, 0.6) is 0 Å². The molecule has 0 spiro atoms. The Hall–Kier alpha value is -1.98. The largest absolute Gasteiger partial charge is 0.469 e. The number of aromatic nitrogens is 4. The third kappa shape index (κ3) is 1.73. The molecule has 6 heteroatoms. The van der Waals surface area contributed by atoms with E-state index in [9.17, 15) is 4.79 Å². The molecule has 0 bridgehead atoms. The van der Waals surface area contributed by atoms with Crippen LogP contribution in [-0.2, 0) is 21.4 Å². The normalized spacial score (nSPS) is 16.8. The van der Waals surface area contributed by atoms with Gasteiger partial charge >= 0.3 is 5.97 Å². The van der Waals surface area contributed by atoms with Gasteiger partial charge in [0.25, 0.3) is 5.78 Å². The van der Waals surface area contributed by atoms with Gasteiger partial charge in [-0.1, -0.05) is 6.92 Å². The van der Waals surface area contributed by atoms with Gasteiger partial charge in [0, 0.05) is 11.6 Å². The lowest BCUT2D eigenvalue weighted by Gasteiger charge is -2.08. The van der Waals surface area contributed by atoms with Crippen molar-refractivity contribution in [3.8, 4) is 0 Å². The maximum atomic E-state index is 11.2. The Morgan fingerprint density at radius 3 is 3.00 bits per heavy atom. The highest BCUT2D eigenvalue weighted by Crippen LogP contribution is 2.47. The summed E-state index contributed by atoms with van der Waals surface area (Å²) in [7, 11) is 1.35. The zero-order valence-corrected chi connectivity index (χ0v) is 10.4. The van der Waals surface area contributed by atoms with Crippen LogP contribution < -0.4 is 0 Å². The second kappa shape index (κ2) is 3.76. The molecule has 1 fully saturated rings. The van der Waals surface area contributed by atoms with Crippen molar-refractivity contribution in [2.45, 2.75) is 31.6 Å². The van der Waals surface area contributed by atoms with E-state index in [4.69, 9.17) is 0 Å². The molecule has 0 atom stereocenters. The molecule has 0 unspecified atom stereocenters. The highest BCUT2D eigenvalue weighted by atomic mass is 16.5. The molecule has 0 aromatic carbocycles. The topological polar surface area (TPSA) is 69.4 Å². The van der Waals surface area contributed by atoms with E-state index in [0.717, 1.165) is 18.5 Å². The third-order valence-corrected chi connectivity index (χ3v) is 3.43. The highest BCUT2D eigenvalue weighted by molar-refractivity contribution is 5.71. The molecular formula is C12H14N4O2. The number of hydrogen-bond donors (Lipinski definition) is 0. The third-order valence-electron chi connectivity index (χ3n) is 3.43. The van der Waals surface area contributed by atoms with Gasteiger partial charge in [-0.3, -0.25) is 4.79 Å². The number of carbonyl (C=O) groups excluding carboxylic acids is 1. The lowest BCUT2D eigenvalue weighted by molar-refractivity contribution is -0.139. The Morgan fingerprint density at radius 1 is 1.56 bits per heavy atom. The molecule has 18 heavy (non-hydrogen) atoms. The summed E-state index contributed by atoms with van der Waals surface area (Å²) in [5, 5.41) is 4.35. The van der Waals surface area contributed by atoms with Gasteiger partial charge in [-0.25, -0.2) is 9.50 Å². The highest BCUT2D eigenvalue weighted by Gasteiger charge is 2.41. The number of nitrogens with zero attached hydrogens (tertiary/aromatic N) is 4. The lowest BCUT2D eigenvalue weighted by atomic mass is 10.1. The zero-order chi connectivity index (χ0) is 12.8. The van der Waals surface area contributed by atoms with E-state index in [1.807, 2.05) is 6.07 Å². The molecule has 2 aromatic heterocycles. The van der Waals surface area contributed by atoms with Gasteiger partial charge in [0.15, 0.2) is 5.82 Å². The average Bonchev–Trinajstić information content (AvgIpc) is 2.97. The predicted octanol–water partition coefficient (Wildman–Crippen LogP) is 0.891. The SMILES string of the molecule is COC(=O)Cc1nc2nccc(C3(C)CC3)n2n1. The number of rotatable bonds is 3. The van der Waals surface area contributed by atoms with Crippen LogP contribution in [0.25, 0.3) is 5.78 Å². The van der Waals surface area contributed by atoms with Crippen LogP contribution in [0.3, 0.4) is 0 Å². The number of hydrogen-bond acceptors (Lipinski definition) is 5. The summed E-state index contributed by atoms with van der Waals surface area (Å²) in [6, 6.07) is 1.97. The van der Waals surface area contributed by atoms with Gasteiger partial charge in [0.05, 0.1) is 12.8 Å². The van der Waals surface area contributed by atoms with Crippen LogP contribution >= 0.6 is 0 Å². The van der Waals surface area contributed by atoms with E-state index >= 15 is 0 Å². The van der Waals surface area contributed by atoms with E-state index < -0.39 is 0 Å². The van der Waals surface area contributed by atoms with Crippen molar-refractivity contribution in [2.75, 3.05) is 7.11 Å². The summed E-state index contributed by atoms with van der Waals surface area (Å²) >= 11 is 0. The van der Waals surface area contributed by atoms with E-state index in [1.54, 1.807) is 10.7 Å². The first-order valence-corrected chi connectivity index (χ1v) is 5.90. The first kappa shape index (κ1) is 11.1. The molecule has 94 valence electrons. The van der Waals surface area contributed by atoms with Crippen LogP contribution in [0.1, 0.15) is 31.3 Å². The molecule has 2 aromatic rings. The van der Waals surface area contributed by atoms with Crippen molar-refractivity contribution in [1.29, 1.82) is 0 Å². The van der Waals surface area contributed by atoms with Gasteiger partial charge in [0.1, 0.15) is 6.42 Å². The van der Waals surface area contributed by atoms with Crippen molar-refractivity contribution in [3.63, 3.8) is 0 Å². The summed E-state index contributed by atoms with van der Waals surface area (Å²) in [6.45, 7) is 2.20. The summed E-state index contributed by atoms with van der Waals surface area (Å²) in [5.74, 6) is 0.649. The van der Waals surface area contributed by atoms with E-state index in [2.05, 4.69) is 26.7 Å². The molecule has 0 radical (unpaired) electrons. The molecule has 0 aliphatic heterocycles. The van der Waals surface area contributed by atoms with Crippen molar-refractivity contribution >= 4 is 11.7 Å². The van der Waals surface area contributed by atoms with Gasteiger partial charge in [-0.2, -0.15) is 4.98 Å². The minimum Gasteiger partial charge on any atom is -0.469 e. The summed E-state index contributed by atoms with van der Waals surface area (Å²) < 4.78 is 6.35. The molecule has 0 amide bonds. The van der Waals surface area contributed by atoms with Gasteiger partial charge < -0.3 is 4.74 Å². The molecule has 3 rings (SSSR count). The quantitative estimate of drug-likeness (QED) is 0.752. The van der Waals surface area contributed by atoms with Gasteiger partial charge in [0.2, 0.25) is 0 Å². The number of methoxy groups -OCH3 is 1. The second-order valence-corrected chi connectivity index (χ2v) is 4.88. The van der Waals surface area contributed by atoms with Gasteiger partial charge in [-0.05, 0) is 18.9 Å². The number of esters is 1. The van der Waals surface area contributed by atoms with Crippen molar-refractivity contribution in [3.05, 3.63) is 23.8 Å². The molecule has 0 N–H and O–H groups in total. The minimum atomic E-state index is -0.343. The predicted molar refractivity (Wildman–Crippen MR) is 63.1 cm³/mol. The zero-order valence-electron chi connectivity index (χ0n) is 10.4. The van der Waals surface area contributed by atoms with Crippen LogP contribution in [0.4, 0.5) is 0 Å². The number of fused-ring (bicyclic) bond motifs is 1. The molecule has 0 saturated heterocycles. The lowest BCUT2D eigenvalue weighted by Crippen LogP contribution is -2.10. The fourth-order valence-corrected chi connectivity index (χ4v) is 2.01. The Balaban J connectivity index is 2.03. The smallest absolute Gasteiger partial charge is 0.313 e. The monoisotopic (exact) mass is 246 g/mol. The second-order valence-electron chi connectivity index (χ2n) is 4.88. The van der Waals surface area contributed by atoms with Crippen molar-refractivity contribution in [2.24, 2.45) is 0 Å². The van der Waals surface area contributed by atoms with E-state index in [1.165, 1.54) is 7.11 Å². The van der Waals surface area contributed by atoms with Crippen LogP contribution in [0.15, 0.2) is 12.3 Å². The Bertz CT molecular complexity index is 616. The first-order valence-electron chi connectivity index (χ1n) is 5.90. The molecular weight excluding hydrogens is 232 g/mol. The van der Waals surface area contributed by atoms with Gasteiger partial charge in [-0.15, -0.1) is 5.10 Å². The molecule has 6 nitrogen and oxygen atoms in total. The molecule has 1 saturated carbocycles. The average molecular weight is 246 g/mol. The Kier molecular flexibility index (Phi) is 2.33. The molecule has 1 aliphatic carbocycles. The summed E-state index contributed by atoms with van der Waals surface area (Å²) in [4.78, 5) is 19.6.